The summed E-state index contributed by atoms with van der Waals surface area (Å²) in [5.41, 5.74) is 9.56. The topological polar surface area (TPSA) is 43.8 Å². The Balaban J connectivity index is 2.34. The van der Waals surface area contributed by atoms with Crippen LogP contribution in [0.25, 0.3) is 0 Å². The predicted octanol–water partition coefficient (Wildman–Crippen LogP) is 3.55. The van der Waals surface area contributed by atoms with Crippen molar-refractivity contribution in [3.05, 3.63) is 44.6 Å². The van der Waals surface area contributed by atoms with Gasteiger partial charge in [-0.15, -0.1) is 0 Å². The molecule has 0 aliphatic carbocycles. The van der Waals surface area contributed by atoms with Gasteiger partial charge in [-0.1, -0.05) is 33.6 Å². The van der Waals surface area contributed by atoms with Crippen LogP contribution >= 0.6 is 27.5 Å². The minimum Gasteiger partial charge on any atom is -0.398 e. The number of aromatic nitrogens is 2. The largest absolute Gasteiger partial charge is 0.398 e. The molecule has 0 radical (unpaired) electrons. The fourth-order valence-corrected chi connectivity index (χ4v) is 2.21. The Morgan fingerprint density at radius 2 is 2.12 bits per heavy atom. The monoisotopic (exact) mass is 313 g/mol. The molecule has 0 bridgehead atoms. The molecule has 2 N–H and O–H groups in total. The lowest BCUT2D eigenvalue weighted by molar-refractivity contribution is 0.660. The molecule has 0 aliphatic heterocycles. The number of nitrogens with zero attached hydrogens (tertiary/aromatic N) is 2. The van der Waals surface area contributed by atoms with E-state index < -0.39 is 0 Å². The third-order valence-electron chi connectivity index (χ3n) is 2.72. The van der Waals surface area contributed by atoms with E-state index >= 15 is 0 Å². The Hall–Kier alpha value is -1.00. The summed E-state index contributed by atoms with van der Waals surface area (Å²) in [6.07, 6.45) is 0. The number of nitrogen functional groups attached to an aromatic ring is 1. The number of anilines is 1. The summed E-state index contributed by atoms with van der Waals surface area (Å²) in [6, 6.07) is 5.85. The SMILES string of the molecule is Cc1nn(Cc2ccc(Br)cc2N)c(C)c1Cl. The van der Waals surface area contributed by atoms with Crippen molar-refractivity contribution in [2.24, 2.45) is 0 Å². The molecule has 17 heavy (non-hydrogen) atoms. The Morgan fingerprint density at radius 3 is 2.65 bits per heavy atom. The molecule has 0 saturated heterocycles. The molecule has 0 spiro atoms. The van der Waals surface area contributed by atoms with Crippen molar-refractivity contribution in [2.75, 3.05) is 5.73 Å². The maximum atomic E-state index is 6.11. The normalized spacial score (nSPS) is 10.8. The van der Waals surface area contributed by atoms with Crippen molar-refractivity contribution in [3.8, 4) is 0 Å². The lowest BCUT2D eigenvalue weighted by atomic mass is 10.2. The van der Waals surface area contributed by atoms with Crippen LogP contribution in [0.15, 0.2) is 22.7 Å². The summed E-state index contributed by atoms with van der Waals surface area (Å²) in [5, 5.41) is 5.11. The Labute approximate surface area is 114 Å². The van der Waals surface area contributed by atoms with E-state index in [1.165, 1.54) is 0 Å². The molecule has 0 saturated carbocycles. The van der Waals surface area contributed by atoms with Crippen molar-refractivity contribution in [1.29, 1.82) is 0 Å². The number of hydrogen-bond acceptors (Lipinski definition) is 2. The highest BCUT2D eigenvalue weighted by Crippen LogP contribution is 2.23. The number of benzene rings is 1. The van der Waals surface area contributed by atoms with Gasteiger partial charge in [-0.25, -0.2) is 0 Å². The first-order valence-electron chi connectivity index (χ1n) is 5.22. The fraction of sp³-hybridized carbons (Fsp3) is 0.250. The van der Waals surface area contributed by atoms with E-state index in [0.29, 0.717) is 6.54 Å². The van der Waals surface area contributed by atoms with E-state index in [4.69, 9.17) is 17.3 Å². The van der Waals surface area contributed by atoms with Crippen molar-refractivity contribution in [2.45, 2.75) is 20.4 Å². The first-order valence-corrected chi connectivity index (χ1v) is 6.39. The van der Waals surface area contributed by atoms with Crippen LogP contribution < -0.4 is 5.73 Å². The summed E-state index contributed by atoms with van der Waals surface area (Å²) in [5.74, 6) is 0. The third-order valence-corrected chi connectivity index (χ3v) is 3.76. The summed E-state index contributed by atoms with van der Waals surface area (Å²) in [4.78, 5) is 0. The molecule has 0 atom stereocenters. The van der Waals surface area contributed by atoms with E-state index in [1.807, 2.05) is 36.7 Å². The maximum absolute atomic E-state index is 6.11. The van der Waals surface area contributed by atoms with Gasteiger partial charge in [0.1, 0.15) is 0 Å². The highest BCUT2D eigenvalue weighted by molar-refractivity contribution is 9.10. The molecule has 5 heteroatoms. The first kappa shape index (κ1) is 12.5. The van der Waals surface area contributed by atoms with Crippen LogP contribution in [0.5, 0.6) is 0 Å². The number of halogens is 2. The molecule has 90 valence electrons. The predicted molar refractivity (Wildman–Crippen MR) is 74.4 cm³/mol. The number of aryl methyl sites for hydroxylation is 1. The molecule has 1 aromatic heterocycles. The Morgan fingerprint density at radius 1 is 1.41 bits per heavy atom. The minimum atomic E-state index is 0.637. The lowest BCUT2D eigenvalue weighted by Gasteiger charge is -2.08. The molecule has 2 rings (SSSR count). The highest BCUT2D eigenvalue weighted by atomic mass is 79.9. The van der Waals surface area contributed by atoms with Crippen molar-refractivity contribution >= 4 is 33.2 Å². The van der Waals surface area contributed by atoms with E-state index in [9.17, 15) is 0 Å². The first-order chi connectivity index (χ1) is 7.99. The Kier molecular flexibility index (Phi) is 3.45. The standard InChI is InChI=1S/C12H13BrClN3/c1-7-12(14)8(2)17(16-7)6-9-3-4-10(13)5-11(9)15/h3-5H,6,15H2,1-2H3. The zero-order chi connectivity index (χ0) is 12.6. The van der Waals surface area contributed by atoms with Crippen LogP contribution in [0.1, 0.15) is 17.0 Å². The summed E-state index contributed by atoms with van der Waals surface area (Å²) >= 11 is 9.50. The molecule has 2 aromatic rings. The molecule has 0 amide bonds. The minimum absolute atomic E-state index is 0.637. The molecular weight excluding hydrogens is 302 g/mol. The quantitative estimate of drug-likeness (QED) is 0.862. The van der Waals surface area contributed by atoms with Crippen LogP contribution in [-0.4, -0.2) is 9.78 Å². The summed E-state index contributed by atoms with van der Waals surface area (Å²) in [7, 11) is 0. The van der Waals surface area contributed by atoms with Crippen LogP contribution in [0, 0.1) is 13.8 Å². The maximum Gasteiger partial charge on any atom is 0.0844 e. The van der Waals surface area contributed by atoms with Gasteiger partial charge in [-0.3, -0.25) is 4.68 Å². The van der Waals surface area contributed by atoms with Gasteiger partial charge in [0.2, 0.25) is 0 Å². The average Bonchev–Trinajstić information content (AvgIpc) is 2.50. The van der Waals surface area contributed by atoms with Gasteiger partial charge in [0, 0.05) is 10.2 Å². The second-order valence-corrected chi connectivity index (χ2v) is 5.28. The zero-order valence-corrected chi connectivity index (χ0v) is 12.0. The molecule has 1 aromatic carbocycles. The molecule has 0 aliphatic rings. The second kappa shape index (κ2) is 4.70. The van der Waals surface area contributed by atoms with Gasteiger partial charge in [-0.2, -0.15) is 5.10 Å². The van der Waals surface area contributed by atoms with Crippen LogP contribution in [0.3, 0.4) is 0 Å². The van der Waals surface area contributed by atoms with Gasteiger partial charge in [0.25, 0.3) is 0 Å². The van der Waals surface area contributed by atoms with Gasteiger partial charge >= 0.3 is 0 Å². The van der Waals surface area contributed by atoms with Crippen LogP contribution in [-0.2, 0) is 6.54 Å². The molecular formula is C12H13BrClN3. The van der Waals surface area contributed by atoms with Crippen molar-refractivity contribution in [3.63, 3.8) is 0 Å². The van der Waals surface area contributed by atoms with Gasteiger partial charge < -0.3 is 5.73 Å². The van der Waals surface area contributed by atoms with Crippen molar-refractivity contribution in [1.82, 2.24) is 9.78 Å². The lowest BCUT2D eigenvalue weighted by Crippen LogP contribution is -2.06. The van der Waals surface area contributed by atoms with Gasteiger partial charge in [0.15, 0.2) is 0 Å². The third kappa shape index (κ3) is 2.48. The van der Waals surface area contributed by atoms with Gasteiger partial charge in [0.05, 0.1) is 23.0 Å². The average molecular weight is 315 g/mol. The zero-order valence-electron chi connectivity index (χ0n) is 9.67. The number of nitrogens with two attached hydrogens (primary N) is 1. The summed E-state index contributed by atoms with van der Waals surface area (Å²) < 4.78 is 2.85. The molecule has 1 heterocycles. The van der Waals surface area contributed by atoms with E-state index in [1.54, 1.807) is 0 Å². The second-order valence-electron chi connectivity index (χ2n) is 3.99. The van der Waals surface area contributed by atoms with Crippen LogP contribution in [0.4, 0.5) is 5.69 Å². The summed E-state index contributed by atoms with van der Waals surface area (Å²) in [6.45, 7) is 4.49. The van der Waals surface area contributed by atoms with E-state index in [0.717, 1.165) is 32.1 Å². The highest BCUT2D eigenvalue weighted by Gasteiger charge is 2.10. The van der Waals surface area contributed by atoms with Crippen molar-refractivity contribution < 1.29 is 0 Å². The number of hydrogen-bond donors (Lipinski definition) is 1. The van der Waals surface area contributed by atoms with E-state index in [2.05, 4.69) is 21.0 Å². The number of rotatable bonds is 2. The van der Waals surface area contributed by atoms with Gasteiger partial charge in [-0.05, 0) is 31.5 Å². The fourth-order valence-electron chi connectivity index (χ4n) is 1.70. The van der Waals surface area contributed by atoms with Crippen LogP contribution in [0.2, 0.25) is 5.02 Å². The molecule has 0 unspecified atom stereocenters. The molecule has 0 fully saturated rings. The van der Waals surface area contributed by atoms with E-state index in [-0.39, 0.29) is 0 Å². The Bertz CT molecular complexity index is 563. The molecule has 3 nitrogen and oxygen atoms in total. The smallest absolute Gasteiger partial charge is 0.0844 e.